The Morgan fingerprint density at radius 2 is 1.33 bits per heavy atom. The van der Waals surface area contributed by atoms with Gasteiger partial charge in [0.2, 0.25) is 0 Å². The van der Waals surface area contributed by atoms with Crippen molar-refractivity contribution in [3.05, 3.63) is 120 Å². The summed E-state index contributed by atoms with van der Waals surface area (Å²) in [6.45, 7) is 4.17. The van der Waals surface area contributed by atoms with Crippen molar-refractivity contribution in [2.75, 3.05) is 4.90 Å². The smallest absolute Gasteiger partial charge is 0.272 e. The van der Waals surface area contributed by atoms with Crippen LogP contribution in [-0.2, 0) is 0 Å². The highest BCUT2D eigenvalue weighted by molar-refractivity contribution is 5.94. The molecule has 1 heterocycles. The number of benzene rings is 3. The molecule has 6 heteroatoms. The van der Waals surface area contributed by atoms with Gasteiger partial charge in [-0.15, -0.1) is 0 Å². The maximum Gasteiger partial charge on any atom is 0.272 e. The molecule has 1 amide bonds. The zero-order chi connectivity index (χ0) is 22.3. The molecule has 0 unspecified atom stereocenters. The first kappa shape index (κ1) is 23.4. The highest BCUT2D eigenvalue weighted by Crippen LogP contribution is 2.34. The third kappa shape index (κ3) is 5.90. The number of hydrazone groups is 1. The third-order valence-electron chi connectivity index (χ3n) is 5.04. The van der Waals surface area contributed by atoms with Crippen LogP contribution in [0, 0.1) is 13.8 Å². The largest absolute Gasteiger partial charge is 0.412 e. The van der Waals surface area contributed by atoms with Gasteiger partial charge in [-0.2, -0.15) is 5.10 Å². The van der Waals surface area contributed by atoms with Crippen LogP contribution in [0.2, 0.25) is 0 Å². The van der Waals surface area contributed by atoms with Gasteiger partial charge in [-0.05, 0) is 67.9 Å². The van der Waals surface area contributed by atoms with Gasteiger partial charge in [0.1, 0.15) is 0 Å². The number of hydrogen-bond donors (Lipinski definition) is 1. The summed E-state index contributed by atoms with van der Waals surface area (Å²) in [6, 6.07) is 28.4. The van der Waals surface area contributed by atoms with Crippen molar-refractivity contribution in [3.8, 4) is 0 Å². The van der Waals surface area contributed by atoms with E-state index in [4.69, 9.17) is 0 Å². The molecule has 3 N–H and O–H groups in total. The van der Waals surface area contributed by atoms with E-state index in [2.05, 4.69) is 82.8 Å². The molecule has 0 atom stereocenters. The molecule has 1 aromatic heterocycles. The average Bonchev–Trinajstić information content (AvgIpc) is 2.83. The zero-order valence-electron chi connectivity index (χ0n) is 18.6. The molecular weight excluding hydrogens is 412 g/mol. The second-order valence-electron chi connectivity index (χ2n) is 7.54. The van der Waals surface area contributed by atoms with Crippen LogP contribution in [0.1, 0.15) is 27.0 Å². The van der Waals surface area contributed by atoms with Crippen LogP contribution in [0.25, 0.3) is 0 Å². The van der Waals surface area contributed by atoms with Crippen LogP contribution in [0.15, 0.2) is 102 Å². The van der Waals surface area contributed by atoms with Crippen molar-refractivity contribution in [1.82, 2.24) is 10.4 Å². The minimum absolute atomic E-state index is 0. The van der Waals surface area contributed by atoms with Crippen molar-refractivity contribution in [2.24, 2.45) is 5.10 Å². The molecule has 0 spiro atoms. The summed E-state index contributed by atoms with van der Waals surface area (Å²) < 4.78 is 0. The summed E-state index contributed by atoms with van der Waals surface area (Å²) in [7, 11) is 0. The highest BCUT2D eigenvalue weighted by Gasteiger charge is 2.12. The molecule has 0 saturated carbocycles. The molecule has 4 rings (SSSR count). The molecular formula is C27H26N4O2. The number of hydrogen-bond acceptors (Lipinski definition) is 4. The second-order valence-corrected chi connectivity index (χ2v) is 7.54. The van der Waals surface area contributed by atoms with Gasteiger partial charge in [0.05, 0.1) is 11.8 Å². The maximum atomic E-state index is 12.1. The maximum absolute atomic E-state index is 12.1. The fraction of sp³-hybridized carbons (Fsp3) is 0.0741. The first-order valence-electron chi connectivity index (χ1n) is 10.4. The Morgan fingerprint density at radius 1 is 0.818 bits per heavy atom. The summed E-state index contributed by atoms with van der Waals surface area (Å²) in [5.41, 5.74) is 9.53. The molecule has 166 valence electrons. The molecule has 0 aliphatic heterocycles. The van der Waals surface area contributed by atoms with Crippen LogP contribution < -0.4 is 10.3 Å². The van der Waals surface area contributed by atoms with E-state index in [1.54, 1.807) is 24.5 Å². The number of carbonyl (C=O) groups is 1. The number of amides is 1. The highest BCUT2D eigenvalue weighted by atomic mass is 16.2. The summed E-state index contributed by atoms with van der Waals surface area (Å²) >= 11 is 0. The lowest BCUT2D eigenvalue weighted by Gasteiger charge is -2.25. The first-order chi connectivity index (χ1) is 15.6. The fourth-order valence-corrected chi connectivity index (χ4v) is 3.27. The molecule has 4 aromatic rings. The number of pyridine rings is 1. The SMILES string of the molecule is Cc1ccc(N(c2ccc(C)cc2)c2ccc(/C=N/NC(=O)c3cccnc3)cc2)cc1.O. The van der Waals surface area contributed by atoms with Crippen molar-refractivity contribution in [2.45, 2.75) is 13.8 Å². The predicted octanol–water partition coefficient (Wildman–Crippen LogP) is 5.11. The second kappa shape index (κ2) is 10.8. The standard InChI is InChI=1S/C27H24N4O.H2O/c1-20-5-11-24(12-6-20)31(25-13-7-21(2)8-14-25)26-15-9-22(10-16-26)18-29-30-27(32)23-4-3-17-28-19-23;/h3-19H,1-2H3,(H,30,32);1H2/b29-18+;. The van der Waals surface area contributed by atoms with Gasteiger partial charge in [0, 0.05) is 29.5 Å². The van der Waals surface area contributed by atoms with E-state index in [1.165, 1.54) is 17.3 Å². The van der Waals surface area contributed by atoms with E-state index in [0.717, 1.165) is 22.6 Å². The molecule has 0 aliphatic carbocycles. The number of aromatic nitrogens is 1. The van der Waals surface area contributed by atoms with E-state index in [1.807, 2.05) is 24.3 Å². The minimum atomic E-state index is -0.295. The molecule has 0 saturated heterocycles. The Labute approximate surface area is 193 Å². The van der Waals surface area contributed by atoms with Crippen LogP contribution >= 0.6 is 0 Å². The molecule has 33 heavy (non-hydrogen) atoms. The topological polar surface area (TPSA) is 89.1 Å². The molecule has 0 fully saturated rings. The summed E-state index contributed by atoms with van der Waals surface area (Å²) in [5, 5.41) is 4.06. The van der Waals surface area contributed by atoms with Crippen LogP contribution in [-0.4, -0.2) is 22.6 Å². The van der Waals surface area contributed by atoms with E-state index in [0.29, 0.717) is 5.56 Å². The quantitative estimate of drug-likeness (QED) is 0.335. The number of rotatable bonds is 6. The van der Waals surface area contributed by atoms with Gasteiger partial charge in [-0.25, -0.2) is 5.43 Å². The Balaban J connectivity index is 0.00000306. The number of anilines is 3. The molecule has 3 aromatic carbocycles. The summed E-state index contributed by atoms with van der Waals surface area (Å²) in [4.78, 5) is 18.2. The Kier molecular flexibility index (Phi) is 7.68. The lowest BCUT2D eigenvalue weighted by molar-refractivity contribution is 0.0954. The molecule has 0 bridgehead atoms. The number of nitrogens with one attached hydrogen (secondary N) is 1. The van der Waals surface area contributed by atoms with Gasteiger partial charge in [-0.3, -0.25) is 9.78 Å². The van der Waals surface area contributed by atoms with Crippen LogP contribution in [0.4, 0.5) is 17.1 Å². The first-order valence-corrected chi connectivity index (χ1v) is 10.4. The van der Waals surface area contributed by atoms with Gasteiger partial charge < -0.3 is 10.4 Å². The molecule has 6 nitrogen and oxygen atoms in total. The van der Waals surface area contributed by atoms with Crippen molar-refractivity contribution in [3.63, 3.8) is 0 Å². The Morgan fingerprint density at radius 3 is 1.82 bits per heavy atom. The van der Waals surface area contributed by atoms with Gasteiger partial charge in [0.25, 0.3) is 5.91 Å². The van der Waals surface area contributed by atoms with Crippen molar-refractivity contribution in [1.29, 1.82) is 0 Å². The van der Waals surface area contributed by atoms with Crippen LogP contribution in [0.3, 0.4) is 0 Å². The summed E-state index contributed by atoms with van der Waals surface area (Å²) in [6.07, 6.45) is 4.75. The predicted molar refractivity (Wildman–Crippen MR) is 134 cm³/mol. The van der Waals surface area contributed by atoms with Gasteiger partial charge in [-0.1, -0.05) is 47.5 Å². The summed E-state index contributed by atoms with van der Waals surface area (Å²) in [5.74, 6) is -0.295. The lowest BCUT2D eigenvalue weighted by Crippen LogP contribution is -2.17. The zero-order valence-corrected chi connectivity index (χ0v) is 18.6. The Hall–Kier alpha value is -4.29. The number of aryl methyl sites for hydroxylation is 2. The molecule has 0 radical (unpaired) electrons. The normalized spacial score (nSPS) is 10.5. The van der Waals surface area contributed by atoms with E-state index in [-0.39, 0.29) is 11.4 Å². The average molecular weight is 439 g/mol. The molecule has 0 aliphatic rings. The minimum Gasteiger partial charge on any atom is -0.412 e. The van der Waals surface area contributed by atoms with E-state index >= 15 is 0 Å². The van der Waals surface area contributed by atoms with Gasteiger partial charge >= 0.3 is 0 Å². The van der Waals surface area contributed by atoms with E-state index in [9.17, 15) is 4.79 Å². The van der Waals surface area contributed by atoms with Crippen LogP contribution in [0.5, 0.6) is 0 Å². The fourth-order valence-electron chi connectivity index (χ4n) is 3.27. The monoisotopic (exact) mass is 438 g/mol. The lowest BCUT2D eigenvalue weighted by atomic mass is 10.1. The number of nitrogens with zero attached hydrogens (tertiary/aromatic N) is 3. The van der Waals surface area contributed by atoms with E-state index < -0.39 is 0 Å². The van der Waals surface area contributed by atoms with Crippen molar-refractivity contribution >= 4 is 29.2 Å². The Bertz CT molecular complexity index is 1160. The van der Waals surface area contributed by atoms with Crippen molar-refractivity contribution < 1.29 is 10.3 Å². The third-order valence-corrected chi connectivity index (χ3v) is 5.04. The number of carbonyl (C=O) groups excluding carboxylic acids is 1. The van der Waals surface area contributed by atoms with Gasteiger partial charge in [0.15, 0.2) is 0 Å².